The number of likely N-dealkylation sites (tertiary alicyclic amines) is 1. The summed E-state index contributed by atoms with van der Waals surface area (Å²) < 4.78 is 0. The number of hydrogen-bond acceptors (Lipinski definition) is 4. The lowest BCUT2D eigenvalue weighted by Crippen LogP contribution is -2.48. The lowest BCUT2D eigenvalue weighted by atomic mass is 10.1. The Hall–Kier alpha value is -0.410. The van der Waals surface area contributed by atoms with E-state index in [-0.39, 0.29) is 24.0 Å². The van der Waals surface area contributed by atoms with Gasteiger partial charge in [0.25, 0.3) is 0 Å². The van der Waals surface area contributed by atoms with E-state index in [9.17, 15) is 0 Å². The third-order valence-electron chi connectivity index (χ3n) is 4.05. The number of hydrogen-bond donors (Lipinski definition) is 2. The minimum absolute atomic E-state index is 0. The fourth-order valence-electron chi connectivity index (χ4n) is 2.76. The van der Waals surface area contributed by atoms with Crippen molar-refractivity contribution in [3.8, 4) is 0 Å². The molecule has 1 aromatic rings. The number of nitrogens with one attached hydrogen (secondary N) is 2. The van der Waals surface area contributed by atoms with Gasteiger partial charge in [-0.2, -0.15) is 0 Å². The molecular weight excluding hydrogens is 421 g/mol. The second-order valence-corrected chi connectivity index (χ2v) is 6.96. The third-order valence-corrected chi connectivity index (χ3v) is 5.19. The zero-order chi connectivity index (χ0) is 15.8. The number of nitrogens with zero attached hydrogens (tertiary/aromatic N) is 3. The Morgan fingerprint density at radius 3 is 2.70 bits per heavy atom. The number of aliphatic imine (C=N–C) groups is 1. The summed E-state index contributed by atoms with van der Waals surface area (Å²) >= 11 is 1.77. The fraction of sp³-hybridized carbons (Fsp3) is 0.750. The molecule has 1 aromatic heterocycles. The Balaban J connectivity index is 0.00000264. The summed E-state index contributed by atoms with van der Waals surface area (Å²) in [4.78, 5) is 12.7. The van der Waals surface area contributed by atoms with Crippen molar-refractivity contribution in [2.24, 2.45) is 4.99 Å². The number of thiazole rings is 1. The summed E-state index contributed by atoms with van der Waals surface area (Å²) in [7, 11) is 1.83. The molecule has 0 spiro atoms. The van der Waals surface area contributed by atoms with E-state index < -0.39 is 0 Å². The van der Waals surface area contributed by atoms with Gasteiger partial charge < -0.3 is 15.5 Å². The molecule has 0 saturated carbocycles. The molecule has 2 heterocycles. The van der Waals surface area contributed by atoms with Gasteiger partial charge in [-0.25, -0.2) is 4.98 Å². The number of rotatable bonds is 6. The average Bonchev–Trinajstić information content (AvgIpc) is 3.01. The van der Waals surface area contributed by atoms with Crippen molar-refractivity contribution >= 4 is 41.3 Å². The second kappa shape index (κ2) is 11.2. The minimum Gasteiger partial charge on any atom is -0.354 e. The molecule has 0 bridgehead atoms. The Morgan fingerprint density at radius 1 is 1.39 bits per heavy atom. The van der Waals surface area contributed by atoms with E-state index in [2.05, 4.69) is 39.4 Å². The molecule has 1 saturated heterocycles. The average molecular weight is 451 g/mol. The van der Waals surface area contributed by atoms with Crippen molar-refractivity contribution in [2.45, 2.75) is 52.1 Å². The molecule has 132 valence electrons. The van der Waals surface area contributed by atoms with Gasteiger partial charge in [-0.3, -0.25) is 4.99 Å². The van der Waals surface area contributed by atoms with Crippen LogP contribution in [0.5, 0.6) is 0 Å². The van der Waals surface area contributed by atoms with Gasteiger partial charge in [0, 0.05) is 37.3 Å². The maximum absolute atomic E-state index is 4.44. The van der Waals surface area contributed by atoms with Crippen LogP contribution in [0.2, 0.25) is 0 Å². The fourth-order valence-corrected chi connectivity index (χ4v) is 3.56. The predicted octanol–water partition coefficient (Wildman–Crippen LogP) is 2.86. The number of piperidine rings is 1. The molecule has 0 aliphatic carbocycles. The van der Waals surface area contributed by atoms with Crippen LogP contribution in [0.25, 0.3) is 0 Å². The number of guanidine groups is 1. The molecule has 7 heteroatoms. The zero-order valence-electron chi connectivity index (χ0n) is 14.5. The first-order valence-corrected chi connectivity index (χ1v) is 9.19. The molecule has 0 atom stereocenters. The summed E-state index contributed by atoms with van der Waals surface area (Å²) in [5.41, 5.74) is 0. The highest BCUT2D eigenvalue weighted by Gasteiger charge is 2.19. The molecule has 2 rings (SSSR count). The van der Waals surface area contributed by atoms with Crippen LogP contribution in [-0.2, 0) is 13.0 Å². The predicted molar refractivity (Wildman–Crippen MR) is 110 cm³/mol. The lowest BCUT2D eigenvalue weighted by molar-refractivity contribution is 0.206. The normalized spacial score (nSPS) is 16.9. The quantitative estimate of drug-likeness (QED) is 0.397. The molecule has 0 amide bonds. The number of aryl methyl sites for hydroxylation is 1. The largest absolute Gasteiger partial charge is 0.354 e. The molecule has 0 radical (unpaired) electrons. The van der Waals surface area contributed by atoms with Gasteiger partial charge in [-0.15, -0.1) is 35.3 Å². The van der Waals surface area contributed by atoms with E-state index in [0.717, 1.165) is 23.9 Å². The lowest BCUT2D eigenvalue weighted by Gasteiger charge is -2.32. The van der Waals surface area contributed by atoms with E-state index in [1.165, 1.54) is 43.8 Å². The minimum atomic E-state index is 0. The van der Waals surface area contributed by atoms with E-state index >= 15 is 0 Å². The number of aromatic nitrogens is 1. The maximum atomic E-state index is 4.44. The number of halogens is 1. The molecule has 0 aromatic carbocycles. The van der Waals surface area contributed by atoms with Crippen LogP contribution in [0.4, 0.5) is 0 Å². The Kier molecular flexibility index (Phi) is 10.0. The Bertz CT molecular complexity index is 469. The molecular formula is C16H30IN5S. The second-order valence-electron chi connectivity index (χ2n) is 5.76. The highest BCUT2D eigenvalue weighted by molar-refractivity contribution is 14.0. The zero-order valence-corrected chi connectivity index (χ0v) is 17.6. The van der Waals surface area contributed by atoms with Crippen molar-refractivity contribution in [3.05, 3.63) is 16.1 Å². The SMILES string of the molecule is CCCN1CCC(NC(=NC)NCc2ncc(CC)s2)CC1.I. The molecule has 1 aliphatic rings. The van der Waals surface area contributed by atoms with Crippen LogP contribution >= 0.6 is 35.3 Å². The Morgan fingerprint density at radius 2 is 2.13 bits per heavy atom. The molecule has 1 aliphatic heterocycles. The smallest absolute Gasteiger partial charge is 0.191 e. The van der Waals surface area contributed by atoms with Gasteiger partial charge in [-0.1, -0.05) is 13.8 Å². The summed E-state index contributed by atoms with van der Waals surface area (Å²) in [6.07, 6.45) is 6.66. The molecule has 5 nitrogen and oxygen atoms in total. The summed E-state index contributed by atoms with van der Waals surface area (Å²) in [6, 6.07) is 0.529. The van der Waals surface area contributed by atoms with Crippen LogP contribution in [0.1, 0.15) is 43.0 Å². The molecule has 0 unspecified atom stereocenters. The van der Waals surface area contributed by atoms with Gasteiger partial charge in [-0.05, 0) is 32.2 Å². The van der Waals surface area contributed by atoms with Crippen LogP contribution in [-0.4, -0.2) is 48.6 Å². The summed E-state index contributed by atoms with van der Waals surface area (Å²) in [6.45, 7) is 8.76. The van der Waals surface area contributed by atoms with Gasteiger partial charge >= 0.3 is 0 Å². The summed E-state index contributed by atoms with van der Waals surface area (Å²) in [5.74, 6) is 0.891. The van der Waals surface area contributed by atoms with E-state index in [1.54, 1.807) is 11.3 Å². The van der Waals surface area contributed by atoms with Gasteiger partial charge in [0.1, 0.15) is 5.01 Å². The van der Waals surface area contributed by atoms with Crippen LogP contribution in [0.3, 0.4) is 0 Å². The first kappa shape index (κ1) is 20.6. The van der Waals surface area contributed by atoms with Crippen molar-refractivity contribution in [3.63, 3.8) is 0 Å². The van der Waals surface area contributed by atoms with Gasteiger partial charge in [0.15, 0.2) is 5.96 Å². The van der Waals surface area contributed by atoms with E-state index in [1.807, 2.05) is 13.2 Å². The highest BCUT2D eigenvalue weighted by atomic mass is 127. The topological polar surface area (TPSA) is 52.5 Å². The third kappa shape index (κ3) is 6.93. The van der Waals surface area contributed by atoms with Gasteiger partial charge in [0.05, 0.1) is 6.54 Å². The van der Waals surface area contributed by atoms with Crippen LogP contribution in [0, 0.1) is 0 Å². The first-order chi connectivity index (χ1) is 10.7. The van der Waals surface area contributed by atoms with E-state index in [0.29, 0.717) is 6.04 Å². The Labute approximate surface area is 161 Å². The van der Waals surface area contributed by atoms with Crippen molar-refractivity contribution < 1.29 is 0 Å². The first-order valence-electron chi connectivity index (χ1n) is 8.38. The van der Waals surface area contributed by atoms with Gasteiger partial charge in [0.2, 0.25) is 0 Å². The van der Waals surface area contributed by atoms with Crippen LogP contribution < -0.4 is 10.6 Å². The van der Waals surface area contributed by atoms with Crippen molar-refractivity contribution in [1.29, 1.82) is 0 Å². The standard InChI is InChI=1S/C16H29N5S.HI/c1-4-8-21-9-6-13(7-10-21)20-16(17-3)19-12-15-18-11-14(5-2)22-15;/h11,13H,4-10,12H2,1-3H3,(H2,17,19,20);1H. The van der Waals surface area contributed by atoms with Crippen molar-refractivity contribution in [2.75, 3.05) is 26.7 Å². The summed E-state index contributed by atoms with van der Waals surface area (Å²) in [5, 5.41) is 8.05. The maximum Gasteiger partial charge on any atom is 0.191 e. The van der Waals surface area contributed by atoms with Crippen LogP contribution in [0.15, 0.2) is 11.2 Å². The molecule has 2 N–H and O–H groups in total. The molecule has 23 heavy (non-hydrogen) atoms. The molecule has 1 fully saturated rings. The monoisotopic (exact) mass is 451 g/mol. The van der Waals surface area contributed by atoms with Crippen molar-refractivity contribution in [1.82, 2.24) is 20.5 Å². The highest BCUT2D eigenvalue weighted by Crippen LogP contribution is 2.13. The van der Waals surface area contributed by atoms with E-state index in [4.69, 9.17) is 0 Å².